The topological polar surface area (TPSA) is 20.3 Å². The van der Waals surface area contributed by atoms with Crippen LogP contribution in [-0.2, 0) is 0 Å². The summed E-state index contributed by atoms with van der Waals surface area (Å²) in [6.07, 6.45) is 3.13. The number of Topliss-reactive ketones (excluding diaryl/α,β-unsaturated/α-hetero) is 1. The summed E-state index contributed by atoms with van der Waals surface area (Å²) in [5.41, 5.74) is 0.601. The first-order valence-electron chi connectivity index (χ1n) is 6.57. The van der Waals surface area contributed by atoms with Crippen molar-refractivity contribution in [1.82, 2.24) is 4.90 Å². The van der Waals surface area contributed by atoms with E-state index in [1.807, 2.05) is 0 Å². The number of carbonyl (C=O) groups excluding carboxylic acids is 1. The van der Waals surface area contributed by atoms with Crippen molar-refractivity contribution in [3.8, 4) is 0 Å². The average molecular weight is 249 g/mol. The van der Waals surface area contributed by atoms with Gasteiger partial charge in [-0.05, 0) is 57.0 Å². The standard InChI is InChI=1S/C15H20FNO/c1-11(12-3-4-12)17(2)10-9-15(18)13-5-7-14(16)8-6-13/h5-8,11-12H,3-4,9-10H2,1-2H3. The van der Waals surface area contributed by atoms with E-state index in [2.05, 4.69) is 18.9 Å². The second-order valence-electron chi connectivity index (χ2n) is 5.24. The number of hydrogen-bond acceptors (Lipinski definition) is 2. The predicted molar refractivity (Wildman–Crippen MR) is 70.2 cm³/mol. The van der Waals surface area contributed by atoms with Crippen LogP contribution in [0.4, 0.5) is 4.39 Å². The second kappa shape index (κ2) is 5.61. The van der Waals surface area contributed by atoms with Crippen molar-refractivity contribution in [1.29, 1.82) is 0 Å². The molecule has 3 heteroatoms. The predicted octanol–water partition coefficient (Wildman–Crippen LogP) is 3.13. The number of nitrogens with zero attached hydrogens (tertiary/aromatic N) is 1. The van der Waals surface area contributed by atoms with Gasteiger partial charge < -0.3 is 4.90 Å². The molecule has 18 heavy (non-hydrogen) atoms. The molecule has 1 aliphatic rings. The van der Waals surface area contributed by atoms with Crippen LogP contribution in [0.2, 0.25) is 0 Å². The van der Waals surface area contributed by atoms with Crippen LogP contribution in [0.3, 0.4) is 0 Å². The molecule has 0 amide bonds. The molecule has 1 unspecified atom stereocenters. The van der Waals surface area contributed by atoms with Crippen LogP contribution in [0.5, 0.6) is 0 Å². The minimum absolute atomic E-state index is 0.0878. The molecule has 1 fully saturated rings. The molecule has 1 aromatic carbocycles. The molecule has 0 radical (unpaired) electrons. The Bertz CT molecular complexity index is 411. The normalized spacial score (nSPS) is 16.9. The van der Waals surface area contributed by atoms with Crippen molar-refractivity contribution >= 4 is 5.78 Å². The smallest absolute Gasteiger partial charge is 0.164 e. The number of carbonyl (C=O) groups is 1. The SMILES string of the molecule is CC(C1CC1)N(C)CCC(=O)c1ccc(F)cc1. The van der Waals surface area contributed by atoms with Gasteiger partial charge in [-0.15, -0.1) is 0 Å². The van der Waals surface area contributed by atoms with Crippen LogP contribution >= 0.6 is 0 Å². The van der Waals surface area contributed by atoms with Crippen molar-refractivity contribution in [2.45, 2.75) is 32.2 Å². The van der Waals surface area contributed by atoms with E-state index in [4.69, 9.17) is 0 Å². The Hall–Kier alpha value is -1.22. The van der Waals surface area contributed by atoms with E-state index in [0.29, 0.717) is 18.0 Å². The molecule has 0 bridgehead atoms. The van der Waals surface area contributed by atoms with Crippen LogP contribution in [0.1, 0.15) is 36.5 Å². The highest BCUT2D eigenvalue weighted by molar-refractivity contribution is 5.96. The molecule has 0 spiro atoms. The fourth-order valence-corrected chi connectivity index (χ4v) is 2.20. The molecule has 2 rings (SSSR count). The first-order chi connectivity index (χ1) is 8.58. The van der Waals surface area contributed by atoms with Gasteiger partial charge in [-0.25, -0.2) is 4.39 Å². The zero-order valence-corrected chi connectivity index (χ0v) is 11.0. The van der Waals surface area contributed by atoms with Crippen LogP contribution in [0.25, 0.3) is 0 Å². The number of halogens is 1. The number of ketones is 1. The number of rotatable bonds is 6. The van der Waals surface area contributed by atoms with E-state index in [9.17, 15) is 9.18 Å². The van der Waals surface area contributed by atoms with Gasteiger partial charge in [-0.1, -0.05) is 0 Å². The van der Waals surface area contributed by atoms with Crippen LogP contribution in [0, 0.1) is 11.7 Å². The minimum atomic E-state index is -0.300. The third-order valence-corrected chi connectivity index (χ3v) is 3.86. The molecule has 1 aromatic rings. The van der Waals surface area contributed by atoms with Gasteiger partial charge in [0.2, 0.25) is 0 Å². The van der Waals surface area contributed by atoms with E-state index in [-0.39, 0.29) is 11.6 Å². The molecule has 0 N–H and O–H groups in total. The Morgan fingerprint density at radius 1 is 1.39 bits per heavy atom. The molecule has 0 saturated heterocycles. The van der Waals surface area contributed by atoms with Crippen molar-refractivity contribution in [3.05, 3.63) is 35.6 Å². The van der Waals surface area contributed by atoms with Crippen LogP contribution in [-0.4, -0.2) is 30.3 Å². The fraction of sp³-hybridized carbons (Fsp3) is 0.533. The fourth-order valence-electron chi connectivity index (χ4n) is 2.20. The lowest BCUT2D eigenvalue weighted by Crippen LogP contribution is -2.32. The Morgan fingerprint density at radius 3 is 2.56 bits per heavy atom. The van der Waals surface area contributed by atoms with E-state index >= 15 is 0 Å². The average Bonchev–Trinajstić information content (AvgIpc) is 3.19. The first kappa shape index (κ1) is 13.2. The molecule has 0 aliphatic heterocycles. The van der Waals surface area contributed by atoms with Gasteiger partial charge in [0.1, 0.15) is 5.82 Å². The van der Waals surface area contributed by atoms with Gasteiger partial charge >= 0.3 is 0 Å². The van der Waals surface area contributed by atoms with Crippen molar-refractivity contribution in [3.63, 3.8) is 0 Å². The molecule has 1 atom stereocenters. The van der Waals surface area contributed by atoms with Gasteiger partial charge in [-0.3, -0.25) is 4.79 Å². The van der Waals surface area contributed by atoms with Gasteiger partial charge in [-0.2, -0.15) is 0 Å². The lowest BCUT2D eigenvalue weighted by atomic mass is 10.1. The molecular formula is C15H20FNO. The molecule has 1 saturated carbocycles. The number of benzene rings is 1. The van der Waals surface area contributed by atoms with Gasteiger partial charge in [0.25, 0.3) is 0 Å². The lowest BCUT2D eigenvalue weighted by Gasteiger charge is -2.24. The Kier molecular flexibility index (Phi) is 4.12. The van der Waals surface area contributed by atoms with Crippen LogP contribution < -0.4 is 0 Å². The Labute approximate surface area is 108 Å². The summed E-state index contributed by atoms with van der Waals surface area (Å²) in [5, 5.41) is 0. The zero-order valence-electron chi connectivity index (χ0n) is 11.0. The van der Waals surface area contributed by atoms with E-state index in [0.717, 1.165) is 12.5 Å². The van der Waals surface area contributed by atoms with Crippen molar-refractivity contribution in [2.75, 3.05) is 13.6 Å². The third kappa shape index (κ3) is 3.39. The van der Waals surface area contributed by atoms with Gasteiger partial charge in [0, 0.05) is 24.6 Å². The Morgan fingerprint density at radius 2 is 2.00 bits per heavy atom. The maximum atomic E-state index is 12.7. The summed E-state index contributed by atoms with van der Waals surface area (Å²) in [6, 6.07) is 6.35. The maximum Gasteiger partial charge on any atom is 0.164 e. The molecule has 2 nitrogen and oxygen atoms in total. The van der Waals surface area contributed by atoms with E-state index in [1.54, 1.807) is 12.1 Å². The third-order valence-electron chi connectivity index (χ3n) is 3.86. The summed E-state index contributed by atoms with van der Waals surface area (Å²) in [4.78, 5) is 14.2. The molecule has 0 aromatic heterocycles. The summed E-state index contributed by atoms with van der Waals surface area (Å²) >= 11 is 0. The maximum absolute atomic E-state index is 12.7. The first-order valence-corrected chi connectivity index (χ1v) is 6.57. The highest BCUT2D eigenvalue weighted by atomic mass is 19.1. The van der Waals surface area contributed by atoms with Crippen molar-refractivity contribution < 1.29 is 9.18 Å². The number of hydrogen-bond donors (Lipinski definition) is 0. The monoisotopic (exact) mass is 249 g/mol. The molecule has 98 valence electrons. The van der Waals surface area contributed by atoms with Crippen LogP contribution in [0.15, 0.2) is 24.3 Å². The summed E-state index contributed by atoms with van der Waals surface area (Å²) < 4.78 is 12.7. The quantitative estimate of drug-likeness (QED) is 0.722. The van der Waals surface area contributed by atoms with E-state index in [1.165, 1.54) is 25.0 Å². The molecule has 0 heterocycles. The second-order valence-corrected chi connectivity index (χ2v) is 5.24. The van der Waals surface area contributed by atoms with Gasteiger partial charge in [0.05, 0.1) is 0 Å². The molecular weight excluding hydrogens is 229 g/mol. The summed E-state index contributed by atoms with van der Waals surface area (Å²) in [5.74, 6) is 0.604. The largest absolute Gasteiger partial charge is 0.303 e. The highest BCUT2D eigenvalue weighted by Crippen LogP contribution is 2.34. The zero-order chi connectivity index (χ0) is 13.1. The van der Waals surface area contributed by atoms with Gasteiger partial charge in [0.15, 0.2) is 5.78 Å². The molecule has 1 aliphatic carbocycles. The minimum Gasteiger partial charge on any atom is -0.303 e. The van der Waals surface area contributed by atoms with E-state index < -0.39 is 0 Å². The Balaban J connectivity index is 1.82. The summed E-state index contributed by atoms with van der Waals surface area (Å²) in [7, 11) is 2.07. The lowest BCUT2D eigenvalue weighted by molar-refractivity contribution is 0.0959. The van der Waals surface area contributed by atoms with Crippen molar-refractivity contribution in [2.24, 2.45) is 5.92 Å². The highest BCUT2D eigenvalue weighted by Gasteiger charge is 2.30. The summed E-state index contributed by atoms with van der Waals surface area (Å²) in [6.45, 7) is 2.99.